The van der Waals surface area contributed by atoms with Crippen LogP contribution in [0.1, 0.15) is 19.7 Å². The number of hydrogen-bond acceptors (Lipinski definition) is 5. The van der Waals surface area contributed by atoms with Crippen LogP contribution in [0.15, 0.2) is 29.1 Å². The second-order valence-corrected chi connectivity index (χ2v) is 4.50. The normalized spacial score (nSPS) is 10.6. The molecule has 0 aliphatic carbocycles. The summed E-state index contributed by atoms with van der Waals surface area (Å²) in [5.74, 6) is 0.909. The van der Waals surface area contributed by atoms with E-state index in [2.05, 4.69) is 20.8 Å². The van der Waals surface area contributed by atoms with E-state index < -0.39 is 0 Å². The Hall–Kier alpha value is -1.92. The SMILES string of the molecule is CCNNc1nc(CC)n(-c2ccc(Cl)cc2)c(=O)n1. The lowest BCUT2D eigenvalue weighted by atomic mass is 10.3. The lowest BCUT2D eigenvalue weighted by molar-refractivity contribution is 0.747. The van der Waals surface area contributed by atoms with E-state index in [1.54, 1.807) is 24.3 Å². The first-order valence-corrected chi connectivity index (χ1v) is 6.78. The molecule has 1 aromatic heterocycles. The second kappa shape index (κ2) is 6.49. The number of aromatic nitrogens is 3. The number of aryl methyl sites for hydroxylation is 1. The van der Waals surface area contributed by atoms with Gasteiger partial charge in [0.05, 0.1) is 5.69 Å². The summed E-state index contributed by atoms with van der Waals surface area (Å²) in [7, 11) is 0. The van der Waals surface area contributed by atoms with E-state index in [1.807, 2.05) is 13.8 Å². The predicted molar refractivity (Wildman–Crippen MR) is 79.3 cm³/mol. The summed E-state index contributed by atoms with van der Waals surface area (Å²) in [5, 5.41) is 0.617. The molecular weight excluding hydrogens is 278 g/mol. The third kappa shape index (κ3) is 3.15. The minimum atomic E-state index is -0.375. The second-order valence-electron chi connectivity index (χ2n) is 4.07. The van der Waals surface area contributed by atoms with E-state index in [4.69, 9.17) is 11.6 Å². The third-order valence-electron chi connectivity index (χ3n) is 2.66. The molecule has 0 saturated heterocycles. The summed E-state index contributed by atoms with van der Waals surface area (Å²) in [5.41, 5.74) is 5.99. The first-order chi connectivity index (χ1) is 9.65. The van der Waals surface area contributed by atoms with Crippen LogP contribution in [0.5, 0.6) is 0 Å². The maximum absolute atomic E-state index is 12.2. The molecular formula is C13H16ClN5O. The summed E-state index contributed by atoms with van der Waals surface area (Å²) in [6.45, 7) is 4.57. The zero-order valence-electron chi connectivity index (χ0n) is 11.4. The number of nitrogens with zero attached hydrogens (tertiary/aromatic N) is 3. The van der Waals surface area contributed by atoms with Crippen LogP contribution in [-0.2, 0) is 6.42 Å². The van der Waals surface area contributed by atoms with Gasteiger partial charge in [-0.2, -0.15) is 9.97 Å². The average Bonchev–Trinajstić information content (AvgIpc) is 2.45. The van der Waals surface area contributed by atoms with Crippen molar-refractivity contribution >= 4 is 17.5 Å². The molecule has 0 aliphatic heterocycles. The molecule has 20 heavy (non-hydrogen) atoms. The molecule has 7 heteroatoms. The molecule has 2 rings (SSSR count). The van der Waals surface area contributed by atoms with Crippen LogP contribution in [-0.4, -0.2) is 21.1 Å². The van der Waals surface area contributed by atoms with Crippen molar-refractivity contribution in [2.75, 3.05) is 12.0 Å². The fourth-order valence-corrected chi connectivity index (χ4v) is 1.88. The number of anilines is 1. The fourth-order valence-electron chi connectivity index (χ4n) is 1.76. The molecule has 1 heterocycles. The van der Waals surface area contributed by atoms with Gasteiger partial charge in [-0.15, -0.1) is 0 Å². The third-order valence-corrected chi connectivity index (χ3v) is 2.92. The zero-order valence-corrected chi connectivity index (χ0v) is 12.1. The highest BCUT2D eigenvalue weighted by molar-refractivity contribution is 6.30. The summed E-state index contributed by atoms with van der Waals surface area (Å²) in [4.78, 5) is 20.4. The molecule has 0 amide bonds. The molecule has 106 valence electrons. The van der Waals surface area contributed by atoms with Crippen LogP contribution >= 0.6 is 11.6 Å². The van der Waals surface area contributed by atoms with Gasteiger partial charge in [0, 0.05) is 18.0 Å². The number of hydrogen-bond donors (Lipinski definition) is 2. The maximum Gasteiger partial charge on any atom is 0.356 e. The molecule has 0 radical (unpaired) electrons. The van der Waals surface area contributed by atoms with Gasteiger partial charge in [0.15, 0.2) is 0 Å². The van der Waals surface area contributed by atoms with Gasteiger partial charge in [0.25, 0.3) is 0 Å². The van der Waals surface area contributed by atoms with E-state index in [9.17, 15) is 4.79 Å². The monoisotopic (exact) mass is 293 g/mol. The van der Waals surface area contributed by atoms with E-state index in [-0.39, 0.29) is 11.6 Å². The Morgan fingerprint density at radius 2 is 1.90 bits per heavy atom. The summed E-state index contributed by atoms with van der Waals surface area (Å²) < 4.78 is 1.48. The minimum Gasteiger partial charge on any atom is -0.289 e. The van der Waals surface area contributed by atoms with Crippen LogP contribution < -0.4 is 16.5 Å². The molecule has 0 bridgehead atoms. The van der Waals surface area contributed by atoms with Crippen molar-refractivity contribution in [2.24, 2.45) is 0 Å². The number of benzene rings is 1. The molecule has 1 aromatic carbocycles. The average molecular weight is 294 g/mol. The largest absolute Gasteiger partial charge is 0.356 e. The van der Waals surface area contributed by atoms with Gasteiger partial charge in [-0.05, 0) is 24.3 Å². The summed E-state index contributed by atoms with van der Waals surface area (Å²) >= 11 is 5.86. The Kier molecular flexibility index (Phi) is 4.70. The minimum absolute atomic E-state index is 0.277. The summed E-state index contributed by atoms with van der Waals surface area (Å²) in [6.07, 6.45) is 0.612. The van der Waals surface area contributed by atoms with Gasteiger partial charge < -0.3 is 0 Å². The first kappa shape index (κ1) is 14.5. The molecule has 0 fully saturated rings. The summed E-state index contributed by atoms with van der Waals surface area (Å²) in [6, 6.07) is 6.99. The lowest BCUT2D eigenvalue weighted by Gasteiger charge is -2.12. The van der Waals surface area contributed by atoms with Gasteiger partial charge in [-0.1, -0.05) is 25.4 Å². The van der Waals surface area contributed by atoms with Crippen molar-refractivity contribution in [3.8, 4) is 5.69 Å². The Bertz CT molecular complexity index is 638. The highest BCUT2D eigenvalue weighted by atomic mass is 35.5. The standard InChI is InChI=1S/C13H16ClN5O/c1-3-11-16-12(18-15-4-2)17-13(20)19(11)10-7-5-9(14)6-8-10/h5-8,15H,3-4H2,1-2H3,(H,17,18,20). The number of hydrazine groups is 1. The Morgan fingerprint density at radius 1 is 1.20 bits per heavy atom. The van der Waals surface area contributed by atoms with Crippen molar-refractivity contribution in [1.82, 2.24) is 20.0 Å². The molecule has 2 aromatic rings. The molecule has 0 saturated carbocycles. The number of nitrogens with one attached hydrogen (secondary N) is 2. The van der Waals surface area contributed by atoms with Gasteiger partial charge in [-0.25, -0.2) is 14.8 Å². The van der Waals surface area contributed by atoms with Crippen LogP contribution in [0.3, 0.4) is 0 Å². The van der Waals surface area contributed by atoms with Crippen LogP contribution in [0, 0.1) is 0 Å². The Labute approximate surface area is 121 Å². The Balaban J connectivity index is 2.47. The quantitative estimate of drug-likeness (QED) is 0.822. The highest BCUT2D eigenvalue weighted by Gasteiger charge is 2.10. The molecule has 2 N–H and O–H groups in total. The topological polar surface area (TPSA) is 71.8 Å². The fraction of sp³-hybridized carbons (Fsp3) is 0.308. The maximum atomic E-state index is 12.2. The number of rotatable bonds is 5. The smallest absolute Gasteiger partial charge is 0.289 e. The van der Waals surface area contributed by atoms with Crippen molar-refractivity contribution in [3.05, 3.63) is 45.6 Å². The van der Waals surface area contributed by atoms with Crippen molar-refractivity contribution < 1.29 is 0 Å². The van der Waals surface area contributed by atoms with Crippen molar-refractivity contribution in [2.45, 2.75) is 20.3 Å². The predicted octanol–water partition coefficient (Wildman–Crippen LogP) is 1.78. The van der Waals surface area contributed by atoms with Gasteiger partial charge in [0.1, 0.15) is 5.82 Å². The van der Waals surface area contributed by atoms with E-state index >= 15 is 0 Å². The van der Waals surface area contributed by atoms with E-state index in [0.717, 1.165) is 0 Å². The van der Waals surface area contributed by atoms with Crippen molar-refractivity contribution in [1.29, 1.82) is 0 Å². The van der Waals surface area contributed by atoms with E-state index in [0.29, 0.717) is 29.5 Å². The number of halogens is 1. The lowest BCUT2D eigenvalue weighted by Crippen LogP contribution is -2.30. The van der Waals surface area contributed by atoms with Crippen LogP contribution in [0.25, 0.3) is 5.69 Å². The van der Waals surface area contributed by atoms with E-state index in [1.165, 1.54) is 4.57 Å². The van der Waals surface area contributed by atoms with Gasteiger partial charge in [-0.3, -0.25) is 5.43 Å². The van der Waals surface area contributed by atoms with Crippen LogP contribution in [0.4, 0.5) is 5.95 Å². The molecule has 0 atom stereocenters. The van der Waals surface area contributed by atoms with Crippen molar-refractivity contribution in [3.63, 3.8) is 0 Å². The highest BCUT2D eigenvalue weighted by Crippen LogP contribution is 2.13. The Morgan fingerprint density at radius 3 is 2.50 bits per heavy atom. The molecule has 0 unspecified atom stereocenters. The molecule has 0 aliphatic rings. The van der Waals surface area contributed by atoms with Gasteiger partial charge in [0.2, 0.25) is 5.95 Å². The van der Waals surface area contributed by atoms with Gasteiger partial charge >= 0.3 is 5.69 Å². The molecule has 6 nitrogen and oxygen atoms in total. The zero-order chi connectivity index (χ0) is 14.5. The molecule has 0 spiro atoms. The van der Waals surface area contributed by atoms with Crippen LogP contribution in [0.2, 0.25) is 5.02 Å². The first-order valence-electron chi connectivity index (χ1n) is 6.40.